The van der Waals surface area contributed by atoms with Gasteiger partial charge in [-0.1, -0.05) is 42.1 Å². The van der Waals surface area contributed by atoms with E-state index in [1.165, 1.54) is 11.8 Å². The van der Waals surface area contributed by atoms with E-state index in [0.29, 0.717) is 44.3 Å². The number of nitrogens with zero attached hydrogens (tertiary/aromatic N) is 3. The standard InChI is InChI=1S/C19H26N4O4S/c1-3-27-17(25)10-7-11-20-16(24)14-28-19-22-21-18(23(19)12-13-26-2)15-8-5-4-6-9-15/h4-6,8-9H,3,7,10-14H2,1-2H3,(H,20,24). The zero-order chi connectivity index (χ0) is 20.2. The summed E-state index contributed by atoms with van der Waals surface area (Å²) in [5.74, 6) is 0.608. The highest BCUT2D eigenvalue weighted by molar-refractivity contribution is 7.99. The topological polar surface area (TPSA) is 95.3 Å². The molecule has 0 saturated heterocycles. The van der Waals surface area contributed by atoms with Crippen molar-refractivity contribution < 1.29 is 19.1 Å². The zero-order valence-electron chi connectivity index (χ0n) is 16.2. The number of esters is 1. The van der Waals surface area contributed by atoms with E-state index in [0.717, 1.165) is 11.4 Å². The zero-order valence-corrected chi connectivity index (χ0v) is 17.0. The molecule has 0 atom stereocenters. The first-order valence-corrected chi connectivity index (χ1v) is 10.2. The van der Waals surface area contributed by atoms with Gasteiger partial charge in [-0.25, -0.2) is 0 Å². The number of carbonyl (C=O) groups is 2. The second kappa shape index (κ2) is 12.1. The van der Waals surface area contributed by atoms with Crippen LogP contribution in [0.5, 0.6) is 0 Å². The number of methoxy groups -OCH3 is 1. The van der Waals surface area contributed by atoms with Crippen LogP contribution in [0.15, 0.2) is 35.5 Å². The van der Waals surface area contributed by atoms with E-state index in [4.69, 9.17) is 9.47 Å². The lowest BCUT2D eigenvalue weighted by molar-refractivity contribution is -0.143. The normalized spacial score (nSPS) is 10.6. The number of carbonyl (C=O) groups excluding carboxylic acids is 2. The van der Waals surface area contributed by atoms with Crippen molar-refractivity contribution in [3.8, 4) is 11.4 Å². The van der Waals surface area contributed by atoms with Gasteiger partial charge >= 0.3 is 5.97 Å². The Morgan fingerprint density at radius 3 is 2.71 bits per heavy atom. The van der Waals surface area contributed by atoms with Crippen molar-refractivity contribution in [3.63, 3.8) is 0 Å². The molecule has 2 rings (SSSR count). The Morgan fingerprint density at radius 2 is 2.00 bits per heavy atom. The molecule has 0 bridgehead atoms. The van der Waals surface area contributed by atoms with Crippen molar-refractivity contribution in [3.05, 3.63) is 30.3 Å². The molecule has 0 spiro atoms. The van der Waals surface area contributed by atoms with Crippen molar-refractivity contribution in [1.82, 2.24) is 20.1 Å². The maximum atomic E-state index is 12.1. The quantitative estimate of drug-likeness (QED) is 0.328. The summed E-state index contributed by atoms with van der Waals surface area (Å²) in [5, 5.41) is 12.0. The number of rotatable bonds is 12. The van der Waals surface area contributed by atoms with Crippen LogP contribution in [-0.2, 0) is 25.6 Å². The van der Waals surface area contributed by atoms with Gasteiger partial charge < -0.3 is 14.8 Å². The third kappa shape index (κ3) is 6.97. The van der Waals surface area contributed by atoms with Crippen LogP contribution in [0, 0.1) is 0 Å². The molecule has 1 N–H and O–H groups in total. The molecular formula is C19H26N4O4S. The van der Waals surface area contributed by atoms with Gasteiger partial charge in [0, 0.05) is 25.6 Å². The predicted octanol–water partition coefficient (Wildman–Crippen LogP) is 2.14. The second-order valence-electron chi connectivity index (χ2n) is 5.86. The van der Waals surface area contributed by atoms with Crippen molar-refractivity contribution in [2.24, 2.45) is 0 Å². The fourth-order valence-electron chi connectivity index (χ4n) is 2.46. The molecule has 1 heterocycles. The molecule has 1 aromatic heterocycles. The molecule has 0 aliphatic rings. The Balaban J connectivity index is 1.88. The summed E-state index contributed by atoms with van der Waals surface area (Å²) in [5.41, 5.74) is 0.960. The van der Waals surface area contributed by atoms with E-state index in [-0.39, 0.29) is 17.6 Å². The van der Waals surface area contributed by atoms with Crippen LogP contribution in [0.25, 0.3) is 11.4 Å². The summed E-state index contributed by atoms with van der Waals surface area (Å²) >= 11 is 1.32. The lowest BCUT2D eigenvalue weighted by Gasteiger charge is -2.10. The maximum absolute atomic E-state index is 12.1. The number of amides is 1. The first-order chi connectivity index (χ1) is 13.7. The highest BCUT2D eigenvalue weighted by atomic mass is 32.2. The largest absolute Gasteiger partial charge is 0.466 e. The molecule has 0 saturated carbocycles. The van der Waals surface area contributed by atoms with Gasteiger partial charge in [-0.05, 0) is 13.3 Å². The molecular weight excluding hydrogens is 380 g/mol. The lowest BCUT2D eigenvalue weighted by Crippen LogP contribution is -2.26. The van der Waals surface area contributed by atoms with Crippen LogP contribution in [0.4, 0.5) is 0 Å². The summed E-state index contributed by atoms with van der Waals surface area (Å²) in [7, 11) is 1.64. The minimum atomic E-state index is -0.245. The summed E-state index contributed by atoms with van der Waals surface area (Å²) < 4.78 is 12.0. The molecule has 2 aromatic rings. The van der Waals surface area contributed by atoms with E-state index >= 15 is 0 Å². The number of aromatic nitrogens is 3. The smallest absolute Gasteiger partial charge is 0.305 e. The van der Waals surface area contributed by atoms with Gasteiger partial charge in [-0.15, -0.1) is 10.2 Å². The van der Waals surface area contributed by atoms with Crippen LogP contribution in [0.3, 0.4) is 0 Å². The van der Waals surface area contributed by atoms with Crippen molar-refractivity contribution in [1.29, 1.82) is 0 Å². The molecule has 0 radical (unpaired) electrons. The number of benzene rings is 1. The Bertz CT molecular complexity index is 752. The molecule has 0 fully saturated rings. The molecule has 9 heteroatoms. The van der Waals surface area contributed by atoms with Gasteiger partial charge in [-0.3, -0.25) is 14.2 Å². The lowest BCUT2D eigenvalue weighted by atomic mass is 10.2. The minimum absolute atomic E-state index is 0.114. The summed E-state index contributed by atoms with van der Waals surface area (Å²) in [6.07, 6.45) is 0.852. The molecule has 1 amide bonds. The van der Waals surface area contributed by atoms with E-state index < -0.39 is 0 Å². The van der Waals surface area contributed by atoms with Gasteiger partial charge in [0.1, 0.15) is 0 Å². The van der Waals surface area contributed by atoms with Gasteiger partial charge in [0.15, 0.2) is 11.0 Å². The fraction of sp³-hybridized carbons (Fsp3) is 0.474. The van der Waals surface area contributed by atoms with Gasteiger partial charge in [0.25, 0.3) is 0 Å². The fourth-order valence-corrected chi connectivity index (χ4v) is 3.25. The van der Waals surface area contributed by atoms with E-state index in [9.17, 15) is 9.59 Å². The summed E-state index contributed by atoms with van der Waals surface area (Å²) in [4.78, 5) is 23.3. The van der Waals surface area contributed by atoms with Crippen LogP contribution >= 0.6 is 11.8 Å². The Kier molecular flexibility index (Phi) is 9.50. The van der Waals surface area contributed by atoms with Crippen molar-refractivity contribution >= 4 is 23.6 Å². The van der Waals surface area contributed by atoms with Gasteiger partial charge in [-0.2, -0.15) is 0 Å². The monoisotopic (exact) mass is 406 g/mol. The number of hydrogen-bond donors (Lipinski definition) is 1. The summed E-state index contributed by atoms with van der Waals surface area (Å²) in [6, 6.07) is 9.78. The van der Waals surface area contributed by atoms with Crippen LogP contribution in [0.2, 0.25) is 0 Å². The molecule has 1 aromatic carbocycles. The highest BCUT2D eigenvalue weighted by Gasteiger charge is 2.15. The Morgan fingerprint density at radius 1 is 1.21 bits per heavy atom. The number of thioether (sulfide) groups is 1. The second-order valence-corrected chi connectivity index (χ2v) is 6.81. The number of nitrogens with one attached hydrogen (secondary N) is 1. The molecule has 0 aliphatic heterocycles. The van der Waals surface area contributed by atoms with Gasteiger partial charge in [0.2, 0.25) is 5.91 Å². The Hall–Kier alpha value is -2.39. The first kappa shape index (κ1) is 21.9. The molecule has 8 nitrogen and oxygen atoms in total. The number of hydrogen-bond acceptors (Lipinski definition) is 7. The van der Waals surface area contributed by atoms with E-state index in [1.54, 1.807) is 14.0 Å². The van der Waals surface area contributed by atoms with Crippen LogP contribution < -0.4 is 5.32 Å². The SMILES string of the molecule is CCOC(=O)CCCNC(=O)CSc1nnc(-c2ccccc2)n1CCOC. The van der Waals surface area contributed by atoms with Gasteiger partial charge in [0.05, 0.1) is 25.5 Å². The van der Waals surface area contributed by atoms with E-state index in [2.05, 4.69) is 15.5 Å². The Labute approximate surface area is 169 Å². The maximum Gasteiger partial charge on any atom is 0.305 e. The van der Waals surface area contributed by atoms with E-state index in [1.807, 2.05) is 34.9 Å². The predicted molar refractivity (Wildman–Crippen MR) is 107 cm³/mol. The molecule has 28 heavy (non-hydrogen) atoms. The molecule has 0 unspecified atom stereocenters. The number of ether oxygens (including phenoxy) is 2. The van der Waals surface area contributed by atoms with Crippen molar-refractivity contribution in [2.75, 3.05) is 32.6 Å². The first-order valence-electron chi connectivity index (χ1n) is 9.18. The summed E-state index contributed by atoms with van der Waals surface area (Å²) in [6.45, 7) is 3.69. The average molecular weight is 407 g/mol. The van der Waals surface area contributed by atoms with Crippen molar-refractivity contribution in [2.45, 2.75) is 31.5 Å². The third-order valence-corrected chi connectivity index (χ3v) is 4.75. The average Bonchev–Trinajstić information content (AvgIpc) is 3.11. The molecule has 152 valence electrons. The minimum Gasteiger partial charge on any atom is -0.466 e. The van der Waals surface area contributed by atoms with Crippen LogP contribution in [0.1, 0.15) is 19.8 Å². The van der Waals surface area contributed by atoms with Crippen LogP contribution in [-0.4, -0.2) is 59.3 Å². The third-order valence-electron chi connectivity index (χ3n) is 3.79. The molecule has 0 aliphatic carbocycles. The highest BCUT2D eigenvalue weighted by Crippen LogP contribution is 2.23.